The zero-order valence-electron chi connectivity index (χ0n) is 7.34. The second kappa shape index (κ2) is 4.26. The number of hydrogen-bond donors (Lipinski definition) is 1. The predicted molar refractivity (Wildman–Crippen MR) is 45.6 cm³/mol. The van der Waals surface area contributed by atoms with Crippen molar-refractivity contribution in [3.8, 4) is 0 Å². The molecular formula is C9H16N+. The molecule has 0 atom stereocenters. The van der Waals surface area contributed by atoms with Crippen molar-refractivity contribution in [2.45, 2.75) is 32.1 Å². The lowest BCUT2D eigenvalue weighted by Gasteiger charge is -2.17. The van der Waals surface area contributed by atoms with Crippen LogP contribution in [0.25, 0.3) is 0 Å². The highest BCUT2D eigenvalue weighted by atomic mass is 14.3. The summed E-state index contributed by atoms with van der Waals surface area (Å²) in [5, 5.41) is 6.81. The summed E-state index contributed by atoms with van der Waals surface area (Å²) in [6.07, 6.45) is 12.3. The molecule has 0 aromatic heterocycles. The van der Waals surface area contributed by atoms with Gasteiger partial charge in [-0.15, -0.1) is 0 Å². The van der Waals surface area contributed by atoms with Gasteiger partial charge in [0, 0.05) is 6.21 Å². The first kappa shape index (κ1) is 7.52. The van der Waals surface area contributed by atoms with E-state index in [0.717, 1.165) is 5.92 Å². The van der Waals surface area contributed by atoms with Gasteiger partial charge in [0.25, 0.3) is 0 Å². The summed E-state index contributed by atoms with van der Waals surface area (Å²) in [5.74, 6) is 0.773. The number of allylic oxidation sites excluding steroid dienone is 2. The van der Waals surface area contributed by atoms with E-state index in [2.05, 4.69) is 6.08 Å². The fraction of sp³-hybridized carbons (Fsp3) is 0.667. The van der Waals surface area contributed by atoms with Gasteiger partial charge < -0.3 is 5.41 Å². The van der Waals surface area contributed by atoms with E-state index in [4.69, 9.17) is 5.41 Å². The smallest absolute Gasteiger partial charge is 0.309 e. The first-order chi connectivity index (χ1) is 4.93. The van der Waals surface area contributed by atoms with Gasteiger partial charge in [-0.25, -0.2) is 0 Å². The molecule has 1 N–H and O–H groups in total. The van der Waals surface area contributed by atoms with Gasteiger partial charge in [-0.3, -0.25) is 0 Å². The molecule has 56 valence electrons. The molecule has 0 saturated heterocycles. The Morgan fingerprint density at radius 3 is 2.50 bits per heavy atom. The topological polar surface area (TPSA) is 23.9 Å². The minimum atomic E-state index is 0. The third kappa shape index (κ3) is 2.34. The molecule has 0 unspecified atom stereocenters. The van der Waals surface area contributed by atoms with Crippen molar-refractivity contribution in [3.63, 3.8) is 0 Å². The molecule has 1 aliphatic rings. The van der Waals surface area contributed by atoms with Crippen LogP contribution in [-0.2, 0) is 0 Å². The van der Waals surface area contributed by atoms with Gasteiger partial charge in [-0.05, 0) is 24.8 Å². The van der Waals surface area contributed by atoms with Crippen LogP contribution in [-0.4, -0.2) is 6.21 Å². The van der Waals surface area contributed by atoms with Gasteiger partial charge in [-0.2, -0.15) is 0 Å². The fourth-order valence-corrected chi connectivity index (χ4v) is 1.54. The van der Waals surface area contributed by atoms with Gasteiger partial charge in [0.2, 0.25) is 0 Å². The molecule has 1 fully saturated rings. The van der Waals surface area contributed by atoms with E-state index >= 15 is 0 Å². The SMILES string of the molecule is N=C/C=C/C1CCCCC1.[H+]. The Kier molecular flexibility index (Phi) is 3.20. The normalized spacial score (nSPS) is 21.6. The van der Waals surface area contributed by atoms with Crippen LogP contribution in [0.3, 0.4) is 0 Å². The predicted octanol–water partition coefficient (Wildman–Crippen LogP) is 2.88. The summed E-state index contributed by atoms with van der Waals surface area (Å²) in [6, 6.07) is 0. The van der Waals surface area contributed by atoms with E-state index in [9.17, 15) is 0 Å². The molecule has 0 aromatic carbocycles. The van der Waals surface area contributed by atoms with Crippen molar-refractivity contribution in [3.05, 3.63) is 12.2 Å². The van der Waals surface area contributed by atoms with Crippen LogP contribution in [0.2, 0.25) is 0 Å². The zero-order chi connectivity index (χ0) is 7.23. The minimum absolute atomic E-state index is 0. The van der Waals surface area contributed by atoms with Crippen molar-refractivity contribution >= 4 is 6.21 Å². The van der Waals surface area contributed by atoms with E-state index in [-0.39, 0.29) is 1.43 Å². The Bertz CT molecular complexity index is 126. The Balaban J connectivity index is 0.000001000. The summed E-state index contributed by atoms with van der Waals surface area (Å²) in [7, 11) is 0. The van der Waals surface area contributed by atoms with Gasteiger partial charge in [-0.1, -0.05) is 25.3 Å². The molecule has 1 heteroatoms. The van der Waals surface area contributed by atoms with E-state index in [1.165, 1.54) is 38.3 Å². The molecule has 10 heavy (non-hydrogen) atoms. The van der Waals surface area contributed by atoms with Gasteiger partial charge in [0.1, 0.15) is 0 Å². The second-order valence-corrected chi connectivity index (χ2v) is 2.95. The van der Waals surface area contributed by atoms with Crippen LogP contribution in [0.15, 0.2) is 12.2 Å². The zero-order valence-corrected chi connectivity index (χ0v) is 6.34. The van der Waals surface area contributed by atoms with Crippen LogP contribution in [0.4, 0.5) is 0 Å². The van der Waals surface area contributed by atoms with Crippen LogP contribution >= 0.6 is 0 Å². The molecule has 0 spiro atoms. The maximum Gasteiger partial charge on any atom is 1.00 e. The summed E-state index contributed by atoms with van der Waals surface area (Å²) >= 11 is 0. The second-order valence-electron chi connectivity index (χ2n) is 2.95. The molecule has 0 amide bonds. The summed E-state index contributed by atoms with van der Waals surface area (Å²) in [6.45, 7) is 0. The molecule has 0 aliphatic heterocycles. The van der Waals surface area contributed by atoms with Crippen LogP contribution in [0.5, 0.6) is 0 Å². The van der Waals surface area contributed by atoms with E-state index in [1.54, 1.807) is 0 Å². The fourth-order valence-electron chi connectivity index (χ4n) is 1.54. The standard InChI is InChI=1S/C9H15N/c10-8-4-7-9-5-2-1-3-6-9/h4,7-10H,1-3,5-6H2/p+1/b7-4+,10-8?. The van der Waals surface area contributed by atoms with Crippen molar-refractivity contribution in [1.82, 2.24) is 0 Å². The van der Waals surface area contributed by atoms with Crippen LogP contribution in [0.1, 0.15) is 33.5 Å². The van der Waals surface area contributed by atoms with Crippen molar-refractivity contribution in [2.75, 3.05) is 0 Å². The first-order valence-corrected chi connectivity index (χ1v) is 4.11. The highest BCUT2D eigenvalue weighted by Gasteiger charge is 2.08. The first-order valence-electron chi connectivity index (χ1n) is 4.11. The third-order valence-corrected chi connectivity index (χ3v) is 2.13. The molecule has 0 radical (unpaired) electrons. The highest BCUT2D eigenvalue weighted by Crippen LogP contribution is 2.24. The minimum Gasteiger partial charge on any atom is -0.309 e. The molecule has 1 saturated carbocycles. The van der Waals surface area contributed by atoms with E-state index in [0.29, 0.717) is 0 Å². The van der Waals surface area contributed by atoms with E-state index < -0.39 is 0 Å². The maximum absolute atomic E-state index is 6.81. The van der Waals surface area contributed by atoms with Crippen molar-refractivity contribution in [2.24, 2.45) is 5.92 Å². The Hall–Kier alpha value is -0.590. The number of rotatable bonds is 2. The highest BCUT2D eigenvalue weighted by molar-refractivity contribution is 5.67. The lowest BCUT2D eigenvalue weighted by molar-refractivity contribution is 0.419. The van der Waals surface area contributed by atoms with Crippen molar-refractivity contribution in [1.29, 1.82) is 5.41 Å². The Morgan fingerprint density at radius 1 is 1.20 bits per heavy atom. The third-order valence-electron chi connectivity index (χ3n) is 2.13. The lowest BCUT2D eigenvalue weighted by atomic mass is 9.89. The largest absolute Gasteiger partial charge is 1.00 e. The van der Waals surface area contributed by atoms with Gasteiger partial charge in [0.05, 0.1) is 0 Å². The molecule has 1 nitrogen and oxygen atoms in total. The van der Waals surface area contributed by atoms with E-state index in [1.807, 2.05) is 6.08 Å². The quantitative estimate of drug-likeness (QED) is 0.567. The monoisotopic (exact) mass is 138 g/mol. The average Bonchev–Trinajstić information content (AvgIpc) is 2.03. The molecular weight excluding hydrogens is 122 g/mol. The number of hydrogen-bond acceptors (Lipinski definition) is 1. The molecule has 1 rings (SSSR count). The number of nitrogens with one attached hydrogen (secondary N) is 1. The van der Waals surface area contributed by atoms with Gasteiger partial charge >= 0.3 is 1.43 Å². The maximum atomic E-state index is 6.81. The molecule has 0 bridgehead atoms. The lowest BCUT2D eigenvalue weighted by Crippen LogP contribution is -2.02. The summed E-state index contributed by atoms with van der Waals surface area (Å²) < 4.78 is 0. The molecule has 1 aliphatic carbocycles. The van der Waals surface area contributed by atoms with Gasteiger partial charge in [0.15, 0.2) is 0 Å². The summed E-state index contributed by atoms with van der Waals surface area (Å²) in [4.78, 5) is 0. The Labute approximate surface area is 64.1 Å². The molecule has 0 aromatic rings. The van der Waals surface area contributed by atoms with Crippen molar-refractivity contribution < 1.29 is 1.43 Å². The average molecular weight is 138 g/mol. The Morgan fingerprint density at radius 2 is 1.90 bits per heavy atom. The molecule has 0 heterocycles. The summed E-state index contributed by atoms with van der Waals surface area (Å²) in [5.41, 5.74) is 0. The van der Waals surface area contributed by atoms with Crippen LogP contribution < -0.4 is 0 Å². The van der Waals surface area contributed by atoms with Crippen LogP contribution in [0, 0.1) is 11.3 Å².